The predicted octanol–water partition coefficient (Wildman–Crippen LogP) is 3.92. The molecule has 0 amide bonds. The lowest BCUT2D eigenvalue weighted by Crippen LogP contribution is -2.42. The second kappa shape index (κ2) is 6.46. The number of hydrogen-bond acceptors (Lipinski definition) is 2. The lowest BCUT2D eigenvalue weighted by molar-refractivity contribution is 0.142. The van der Waals surface area contributed by atoms with Gasteiger partial charge >= 0.3 is 0 Å². The Balaban J connectivity index is 1.93. The number of aryl methyl sites for hydroxylation is 1. The molecule has 0 radical (unpaired) electrons. The third-order valence-corrected chi connectivity index (χ3v) is 4.91. The molecule has 4 heteroatoms. The Bertz CT molecular complexity index is 699. The first-order valence-electron chi connectivity index (χ1n) is 8.58. The van der Waals surface area contributed by atoms with Gasteiger partial charge in [0.25, 0.3) is 0 Å². The third kappa shape index (κ3) is 3.57. The number of rotatable bonds is 4. The highest BCUT2D eigenvalue weighted by Gasteiger charge is 2.23. The van der Waals surface area contributed by atoms with Crippen molar-refractivity contribution in [1.82, 2.24) is 9.88 Å². The predicted molar refractivity (Wildman–Crippen MR) is 97.4 cm³/mol. The number of aliphatic hydroxyl groups excluding tert-OH is 1. The average molecular weight is 335 g/mol. The molecular weight excluding hydrogens is 308 g/mol. The molecule has 0 saturated carbocycles. The number of benzene rings is 1. The molecule has 2 N–H and O–H groups in total. The molecule has 0 bridgehead atoms. The van der Waals surface area contributed by atoms with Crippen LogP contribution in [-0.4, -0.2) is 27.9 Å². The van der Waals surface area contributed by atoms with E-state index in [2.05, 4.69) is 36.7 Å². The fraction of sp³-hybridized carbons (Fsp3) is 0.579. The first kappa shape index (κ1) is 16.8. The third-order valence-electron chi connectivity index (χ3n) is 4.61. The second-order valence-electron chi connectivity index (χ2n) is 7.66. The van der Waals surface area contributed by atoms with Crippen LogP contribution in [0.15, 0.2) is 18.2 Å². The number of nitrogens with zero attached hydrogens (tertiary/aromatic N) is 1. The van der Waals surface area contributed by atoms with E-state index >= 15 is 0 Å². The molecular formula is C19H27ClN2O. The van der Waals surface area contributed by atoms with E-state index in [1.54, 1.807) is 0 Å². The van der Waals surface area contributed by atoms with Gasteiger partial charge in [-0.1, -0.05) is 23.7 Å². The van der Waals surface area contributed by atoms with Crippen LogP contribution < -0.4 is 5.32 Å². The Hall–Kier alpha value is -1.03. The number of aromatic nitrogens is 1. The Labute approximate surface area is 143 Å². The summed E-state index contributed by atoms with van der Waals surface area (Å²) in [6.07, 6.45) is 4.24. The topological polar surface area (TPSA) is 37.2 Å². The summed E-state index contributed by atoms with van der Waals surface area (Å²) in [6.45, 7) is 7.53. The van der Waals surface area contributed by atoms with Gasteiger partial charge in [0.05, 0.1) is 23.2 Å². The monoisotopic (exact) mass is 334 g/mol. The smallest absolute Gasteiger partial charge is 0.0843 e. The van der Waals surface area contributed by atoms with Crippen molar-refractivity contribution in [3.05, 3.63) is 34.5 Å². The maximum absolute atomic E-state index is 10.5. The number of β-amino-alcohol motifs (C(OH)–C–C–N with tert-alkyl or cyclic N) is 1. The van der Waals surface area contributed by atoms with Crippen LogP contribution in [0.5, 0.6) is 0 Å². The quantitative estimate of drug-likeness (QED) is 0.889. The van der Waals surface area contributed by atoms with Gasteiger partial charge in [-0.25, -0.2) is 0 Å². The number of aliphatic hydroxyl groups is 1. The lowest BCUT2D eigenvalue weighted by Gasteiger charge is -2.24. The van der Waals surface area contributed by atoms with Crippen LogP contribution in [0.3, 0.4) is 0 Å². The van der Waals surface area contributed by atoms with E-state index in [0.717, 1.165) is 23.4 Å². The van der Waals surface area contributed by atoms with Crippen LogP contribution in [0.4, 0.5) is 0 Å². The number of hydrogen-bond donors (Lipinski definition) is 2. The summed E-state index contributed by atoms with van der Waals surface area (Å²) in [6, 6.07) is 6.15. The van der Waals surface area contributed by atoms with Gasteiger partial charge in [0, 0.05) is 23.2 Å². The van der Waals surface area contributed by atoms with Crippen molar-refractivity contribution in [1.29, 1.82) is 0 Å². The highest BCUT2D eigenvalue weighted by molar-refractivity contribution is 6.35. The number of fused-ring (bicyclic) bond motifs is 3. The first-order valence-corrected chi connectivity index (χ1v) is 8.96. The number of para-hydroxylation sites is 1. The normalized spacial score (nSPS) is 16.6. The highest BCUT2D eigenvalue weighted by Crippen LogP contribution is 2.35. The summed E-state index contributed by atoms with van der Waals surface area (Å²) in [5, 5.41) is 15.9. The fourth-order valence-corrected chi connectivity index (χ4v) is 3.82. The van der Waals surface area contributed by atoms with Crippen LogP contribution in [0, 0.1) is 0 Å². The van der Waals surface area contributed by atoms with Crippen LogP contribution in [0.1, 0.15) is 44.9 Å². The van der Waals surface area contributed by atoms with E-state index in [4.69, 9.17) is 11.6 Å². The van der Waals surface area contributed by atoms with E-state index in [1.165, 1.54) is 29.5 Å². The minimum atomic E-state index is -0.424. The van der Waals surface area contributed by atoms with Gasteiger partial charge in [0.2, 0.25) is 0 Å². The van der Waals surface area contributed by atoms with E-state index < -0.39 is 6.10 Å². The Morgan fingerprint density at radius 3 is 2.74 bits per heavy atom. The Kier molecular flexibility index (Phi) is 4.73. The first-order chi connectivity index (χ1) is 10.9. The summed E-state index contributed by atoms with van der Waals surface area (Å²) in [4.78, 5) is 0. The molecule has 0 fully saturated rings. The van der Waals surface area contributed by atoms with Crippen molar-refractivity contribution >= 4 is 22.5 Å². The molecule has 1 aliphatic rings. The molecule has 0 unspecified atom stereocenters. The summed E-state index contributed by atoms with van der Waals surface area (Å²) in [7, 11) is 0. The minimum absolute atomic E-state index is 0.0107. The van der Waals surface area contributed by atoms with Crippen LogP contribution in [-0.2, 0) is 19.4 Å². The summed E-state index contributed by atoms with van der Waals surface area (Å²) in [5.74, 6) is 0. The van der Waals surface area contributed by atoms with Crippen LogP contribution in [0.25, 0.3) is 10.9 Å². The summed E-state index contributed by atoms with van der Waals surface area (Å²) in [5.41, 5.74) is 3.91. The van der Waals surface area contributed by atoms with Crippen LogP contribution in [0.2, 0.25) is 5.02 Å². The molecule has 1 atom stereocenters. The van der Waals surface area contributed by atoms with Crippen molar-refractivity contribution in [3.8, 4) is 0 Å². The highest BCUT2D eigenvalue weighted by atomic mass is 35.5. The zero-order valence-electron chi connectivity index (χ0n) is 14.3. The van der Waals surface area contributed by atoms with Gasteiger partial charge in [-0.2, -0.15) is 0 Å². The molecule has 0 spiro atoms. The van der Waals surface area contributed by atoms with Crippen molar-refractivity contribution in [2.75, 3.05) is 6.54 Å². The molecule has 3 rings (SSSR count). The Morgan fingerprint density at radius 2 is 2.00 bits per heavy atom. The van der Waals surface area contributed by atoms with Crippen molar-refractivity contribution in [2.45, 2.75) is 64.6 Å². The molecule has 2 aromatic rings. The zero-order valence-corrected chi connectivity index (χ0v) is 15.1. The summed E-state index contributed by atoms with van der Waals surface area (Å²) >= 11 is 6.50. The molecule has 1 aliphatic carbocycles. The maximum atomic E-state index is 10.5. The number of halogens is 1. The minimum Gasteiger partial charge on any atom is -0.390 e. The Morgan fingerprint density at radius 1 is 1.26 bits per heavy atom. The van der Waals surface area contributed by atoms with Crippen molar-refractivity contribution in [2.24, 2.45) is 0 Å². The maximum Gasteiger partial charge on any atom is 0.0843 e. The molecule has 1 heterocycles. The van der Waals surface area contributed by atoms with Gasteiger partial charge in [-0.05, 0) is 58.1 Å². The van der Waals surface area contributed by atoms with E-state index in [9.17, 15) is 5.11 Å². The van der Waals surface area contributed by atoms with Gasteiger partial charge in [0.15, 0.2) is 0 Å². The van der Waals surface area contributed by atoms with Crippen LogP contribution >= 0.6 is 11.6 Å². The standard InChI is InChI=1S/C19H27ClN2O/c1-19(2,3)21-11-13(23)12-22-17-10-5-4-7-14(17)15-8-6-9-16(20)18(15)22/h6,8-9,13,21,23H,4-5,7,10-12H2,1-3H3/t13-/m1/s1. The number of nitrogens with one attached hydrogen (secondary N) is 1. The van der Waals surface area contributed by atoms with E-state index in [1.807, 2.05) is 12.1 Å². The van der Waals surface area contributed by atoms with Gasteiger partial charge in [0.1, 0.15) is 0 Å². The zero-order chi connectivity index (χ0) is 16.6. The molecule has 23 heavy (non-hydrogen) atoms. The molecule has 0 saturated heterocycles. The molecule has 1 aromatic heterocycles. The molecule has 1 aromatic carbocycles. The fourth-order valence-electron chi connectivity index (χ4n) is 3.55. The average Bonchev–Trinajstić information content (AvgIpc) is 2.81. The largest absolute Gasteiger partial charge is 0.390 e. The molecule has 0 aliphatic heterocycles. The van der Waals surface area contributed by atoms with Crippen molar-refractivity contribution in [3.63, 3.8) is 0 Å². The van der Waals surface area contributed by atoms with Gasteiger partial charge in [-0.15, -0.1) is 0 Å². The van der Waals surface area contributed by atoms with Gasteiger partial charge < -0.3 is 15.0 Å². The lowest BCUT2D eigenvalue weighted by atomic mass is 9.95. The van der Waals surface area contributed by atoms with Gasteiger partial charge in [-0.3, -0.25) is 0 Å². The van der Waals surface area contributed by atoms with E-state index in [0.29, 0.717) is 13.1 Å². The second-order valence-corrected chi connectivity index (χ2v) is 8.07. The molecule has 126 valence electrons. The van der Waals surface area contributed by atoms with Crippen molar-refractivity contribution < 1.29 is 5.11 Å². The summed E-state index contributed by atoms with van der Waals surface area (Å²) < 4.78 is 2.27. The SMILES string of the molecule is CC(C)(C)NC[C@@H](O)Cn1c2c(c3cccc(Cl)c31)CCCC2. The molecule has 3 nitrogen and oxygen atoms in total. The van der Waals surface area contributed by atoms with E-state index in [-0.39, 0.29) is 5.54 Å².